The van der Waals surface area contributed by atoms with Crippen LogP contribution in [0.15, 0.2) is 29.4 Å². The number of amidine groups is 1. The first-order valence-corrected chi connectivity index (χ1v) is 5.79. The van der Waals surface area contributed by atoms with Gasteiger partial charge < -0.3 is 25.7 Å². The lowest BCUT2D eigenvalue weighted by molar-refractivity contribution is 0.00674. The molecular formula is C12H15N3O4. The molecule has 1 aromatic carbocycles. The van der Waals surface area contributed by atoms with E-state index < -0.39 is 6.10 Å². The predicted molar refractivity (Wildman–Crippen MR) is 67.2 cm³/mol. The van der Waals surface area contributed by atoms with Crippen molar-refractivity contribution < 1.29 is 19.8 Å². The van der Waals surface area contributed by atoms with Crippen LogP contribution in [0.25, 0.3) is 0 Å². The molecule has 102 valence electrons. The zero-order valence-electron chi connectivity index (χ0n) is 10.2. The molecule has 0 aliphatic carbocycles. The topological polar surface area (TPSA) is 108 Å². The molecule has 1 aliphatic rings. The van der Waals surface area contributed by atoms with Gasteiger partial charge in [-0.2, -0.15) is 0 Å². The molecule has 4 N–H and O–H groups in total. The molecular weight excluding hydrogens is 250 g/mol. The second-order valence-corrected chi connectivity index (χ2v) is 4.19. The lowest BCUT2D eigenvalue weighted by Crippen LogP contribution is -2.50. The summed E-state index contributed by atoms with van der Waals surface area (Å²) >= 11 is 0. The maximum atomic E-state index is 12.2. The molecule has 2 rings (SSSR count). The van der Waals surface area contributed by atoms with Crippen LogP contribution in [0.5, 0.6) is 5.75 Å². The third kappa shape index (κ3) is 2.94. The van der Waals surface area contributed by atoms with Gasteiger partial charge in [0.2, 0.25) is 0 Å². The van der Waals surface area contributed by atoms with Gasteiger partial charge >= 0.3 is 0 Å². The van der Waals surface area contributed by atoms with E-state index in [1.165, 1.54) is 12.1 Å². The summed E-state index contributed by atoms with van der Waals surface area (Å²) in [6, 6.07) is 6.12. The Morgan fingerprint density at radius 2 is 2.32 bits per heavy atom. The molecule has 7 nitrogen and oxygen atoms in total. The molecule has 1 atom stereocenters. The number of oxime groups is 1. The minimum absolute atomic E-state index is 0.0343. The lowest BCUT2D eigenvalue weighted by Gasteiger charge is -2.32. The number of morpholine rings is 1. The second-order valence-electron chi connectivity index (χ2n) is 4.19. The Bertz CT molecular complexity index is 504. The van der Waals surface area contributed by atoms with Crippen molar-refractivity contribution in [1.82, 2.24) is 4.90 Å². The summed E-state index contributed by atoms with van der Waals surface area (Å²) in [5, 5.41) is 20.9. The first kappa shape index (κ1) is 13.2. The highest BCUT2D eigenvalue weighted by atomic mass is 16.5. The minimum atomic E-state index is -0.611. The molecule has 7 heteroatoms. The van der Waals surface area contributed by atoms with Crippen molar-refractivity contribution in [2.45, 2.75) is 6.10 Å². The molecule has 1 fully saturated rings. The molecule has 19 heavy (non-hydrogen) atoms. The SMILES string of the molecule is NC(=NO)C1CN(C(=O)c2cccc(O)c2)CCO1. The fourth-order valence-electron chi connectivity index (χ4n) is 1.90. The molecule has 0 spiro atoms. The van der Waals surface area contributed by atoms with Gasteiger partial charge in [0.15, 0.2) is 5.84 Å². The average Bonchev–Trinajstić information content (AvgIpc) is 2.45. The fraction of sp³-hybridized carbons (Fsp3) is 0.333. The van der Waals surface area contributed by atoms with E-state index >= 15 is 0 Å². The number of rotatable bonds is 2. The van der Waals surface area contributed by atoms with E-state index in [9.17, 15) is 9.90 Å². The Morgan fingerprint density at radius 3 is 3.00 bits per heavy atom. The normalized spacial score (nSPS) is 20.3. The van der Waals surface area contributed by atoms with Gasteiger partial charge in [-0.3, -0.25) is 4.79 Å². The summed E-state index contributed by atoms with van der Waals surface area (Å²) in [5.41, 5.74) is 5.86. The number of ether oxygens (including phenoxy) is 1. The van der Waals surface area contributed by atoms with Crippen molar-refractivity contribution in [1.29, 1.82) is 0 Å². The summed E-state index contributed by atoms with van der Waals surface area (Å²) in [7, 11) is 0. The fourth-order valence-corrected chi connectivity index (χ4v) is 1.90. The van der Waals surface area contributed by atoms with Gasteiger partial charge in [0.05, 0.1) is 13.2 Å². The summed E-state index contributed by atoms with van der Waals surface area (Å²) in [5.74, 6) is -0.254. The highest BCUT2D eigenvalue weighted by Crippen LogP contribution is 2.15. The summed E-state index contributed by atoms with van der Waals surface area (Å²) in [4.78, 5) is 13.8. The number of phenolic OH excluding ortho intramolecular Hbond substituents is 1. The van der Waals surface area contributed by atoms with Crippen LogP contribution in [-0.2, 0) is 4.74 Å². The monoisotopic (exact) mass is 265 g/mol. The molecule has 1 aromatic rings. The number of carbonyl (C=O) groups is 1. The Morgan fingerprint density at radius 1 is 1.53 bits per heavy atom. The zero-order valence-corrected chi connectivity index (χ0v) is 10.2. The number of hydrogen-bond donors (Lipinski definition) is 3. The number of nitrogens with zero attached hydrogens (tertiary/aromatic N) is 2. The van der Waals surface area contributed by atoms with Crippen LogP contribution >= 0.6 is 0 Å². The third-order valence-corrected chi connectivity index (χ3v) is 2.89. The van der Waals surface area contributed by atoms with Crippen molar-refractivity contribution in [3.05, 3.63) is 29.8 Å². The van der Waals surface area contributed by atoms with Gasteiger partial charge in [-0.25, -0.2) is 0 Å². The van der Waals surface area contributed by atoms with Gasteiger partial charge in [0.25, 0.3) is 5.91 Å². The molecule has 0 radical (unpaired) electrons. The summed E-state index contributed by atoms with van der Waals surface area (Å²) in [6.45, 7) is 0.944. The lowest BCUT2D eigenvalue weighted by atomic mass is 10.1. The number of carbonyl (C=O) groups excluding carboxylic acids is 1. The van der Waals surface area contributed by atoms with E-state index in [-0.39, 0.29) is 24.0 Å². The number of hydrogen-bond acceptors (Lipinski definition) is 5. The maximum absolute atomic E-state index is 12.2. The molecule has 0 aromatic heterocycles. The van der Waals surface area contributed by atoms with Crippen molar-refractivity contribution in [3.63, 3.8) is 0 Å². The minimum Gasteiger partial charge on any atom is -0.508 e. The Balaban J connectivity index is 2.11. The van der Waals surface area contributed by atoms with Crippen LogP contribution in [0.3, 0.4) is 0 Å². The van der Waals surface area contributed by atoms with E-state index in [0.717, 1.165) is 0 Å². The highest BCUT2D eigenvalue weighted by Gasteiger charge is 2.27. The Hall–Kier alpha value is -2.28. The van der Waals surface area contributed by atoms with Gasteiger partial charge in [0.1, 0.15) is 11.9 Å². The quantitative estimate of drug-likeness (QED) is 0.301. The van der Waals surface area contributed by atoms with Crippen LogP contribution in [0.1, 0.15) is 10.4 Å². The smallest absolute Gasteiger partial charge is 0.254 e. The van der Waals surface area contributed by atoms with Gasteiger partial charge in [-0.15, -0.1) is 0 Å². The summed E-state index contributed by atoms with van der Waals surface area (Å²) in [6.07, 6.45) is -0.611. The van der Waals surface area contributed by atoms with Crippen LogP contribution < -0.4 is 5.73 Å². The number of amides is 1. The first-order valence-electron chi connectivity index (χ1n) is 5.79. The Kier molecular flexibility index (Phi) is 3.86. The van der Waals surface area contributed by atoms with Gasteiger partial charge in [-0.05, 0) is 18.2 Å². The largest absolute Gasteiger partial charge is 0.508 e. The van der Waals surface area contributed by atoms with E-state index in [1.807, 2.05) is 0 Å². The molecule has 0 saturated carbocycles. The average molecular weight is 265 g/mol. The van der Waals surface area contributed by atoms with Crippen molar-refractivity contribution in [2.75, 3.05) is 19.7 Å². The maximum Gasteiger partial charge on any atom is 0.254 e. The second kappa shape index (κ2) is 5.57. The van der Waals surface area contributed by atoms with E-state index in [4.69, 9.17) is 15.7 Å². The first-order chi connectivity index (χ1) is 9.11. The molecule has 1 unspecified atom stereocenters. The van der Waals surface area contributed by atoms with Crippen LogP contribution in [-0.4, -0.2) is 52.8 Å². The van der Waals surface area contributed by atoms with E-state index in [1.54, 1.807) is 17.0 Å². The Labute approximate surface area is 109 Å². The van der Waals surface area contributed by atoms with Crippen LogP contribution in [0.2, 0.25) is 0 Å². The molecule has 1 saturated heterocycles. The zero-order chi connectivity index (χ0) is 13.8. The van der Waals surface area contributed by atoms with Crippen molar-refractivity contribution in [2.24, 2.45) is 10.9 Å². The third-order valence-electron chi connectivity index (χ3n) is 2.89. The van der Waals surface area contributed by atoms with Crippen LogP contribution in [0.4, 0.5) is 0 Å². The molecule has 1 amide bonds. The number of nitrogens with two attached hydrogens (primary N) is 1. The molecule has 0 bridgehead atoms. The molecule has 1 heterocycles. The number of aromatic hydroxyl groups is 1. The van der Waals surface area contributed by atoms with E-state index in [0.29, 0.717) is 18.7 Å². The van der Waals surface area contributed by atoms with Gasteiger partial charge in [0, 0.05) is 12.1 Å². The summed E-state index contributed by atoms with van der Waals surface area (Å²) < 4.78 is 5.31. The number of phenols is 1. The van der Waals surface area contributed by atoms with Crippen molar-refractivity contribution in [3.8, 4) is 5.75 Å². The van der Waals surface area contributed by atoms with Crippen molar-refractivity contribution >= 4 is 11.7 Å². The number of benzene rings is 1. The van der Waals surface area contributed by atoms with Crippen LogP contribution in [0, 0.1) is 0 Å². The van der Waals surface area contributed by atoms with Gasteiger partial charge in [-0.1, -0.05) is 11.2 Å². The standard InChI is InChI=1S/C12H15N3O4/c13-11(14-18)10-7-15(4-5-19-10)12(17)8-2-1-3-9(16)6-8/h1-3,6,10,16,18H,4-5,7H2,(H2,13,14). The molecule has 1 aliphatic heterocycles. The highest BCUT2D eigenvalue weighted by molar-refractivity contribution is 5.95. The van der Waals surface area contributed by atoms with E-state index in [2.05, 4.69) is 5.16 Å². The predicted octanol–water partition coefficient (Wildman–Crippen LogP) is -0.0204.